The number of halogens is 1. The van der Waals surface area contributed by atoms with Gasteiger partial charge in [-0.2, -0.15) is 0 Å². The molecule has 0 radical (unpaired) electrons. The lowest BCUT2D eigenvalue weighted by Crippen LogP contribution is -2.02. The molecule has 3 heteroatoms. The van der Waals surface area contributed by atoms with Gasteiger partial charge in [0.1, 0.15) is 12.4 Å². The van der Waals surface area contributed by atoms with E-state index >= 15 is 0 Å². The van der Waals surface area contributed by atoms with Crippen molar-refractivity contribution in [3.8, 4) is 5.75 Å². The average molecular weight is 303 g/mol. The number of benzene rings is 2. The molecule has 0 saturated heterocycles. The van der Waals surface area contributed by atoms with E-state index in [9.17, 15) is 4.79 Å². The lowest BCUT2D eigenvalue weighted by molar-refractivity contribution is 0.103. The second-order valence-electron chi connectivity index (χ2n) is 4.24. The van der Waals surface area contributed by atoms with Crippen LogP contribution in [0.15, 0.2) is 42.5 Å². The Balaban J connectivity index is 2.17. The van der Waals surface area contributed by atoms with E-state index in [4.69, 9.17) is 4.74 Å². The first-order valence-electron chi connectivity index (χ1n) is 5.74. The summed E-state index contributed by atoms with van der Waals surface area (Å²) in [7, 11) is 0. The third kappa shape index (κ3) is 1.85. The molecule has 90 valence electrons. The SMILES string of the molecule is O=C1c2ccccc2COc2ccc(CBr)cc21. The first kappa shape index (κ1) is 11.5. The van der Waals surface area contributed by atoms with Gasteiger partial charge in [-0.15, -0.1) is 0 Å². The Bertz CT molecular complexity index is 620. The summed E-state index contributed by atoms with van der Waals surface area (Å²) in [6.07, 6.45) is 0. The van der Waals surface area contributed by atoms with Gasteiger partial charge >= 0.3 is 0 Å². The third-order valence-electron chi connectivity index (χ3n) is 3.09. The highest BCUT2D eigenvalue weighted by molar-refractivity contribution is 9.08. The van der Waals surface area contributed by atoms with Crippen molar-refractivity contribution < 1.29 is 9.53 Å². The number of hydrogen-bond acceptors (Lipinski definition) is 2. The van der Waals surface area contributed by atoms with Crippen molar-refractivity contribution in [3.63, 3.8) is 0 Å². The molecule has 1 aliphatic heterocycles. The molecule has 2 nitrogen and oxygen atoms in total. The van der Waals surface area contributed by atoms with Gasteiger partial charge in [-0.05, 0) is 17.7 Å². The summed E-state index contributed by atoms with van der Waals surface area (Å²) in [5, 5.41) is 0.731. The van der Waals surface area contributed by atoms with Crippen LogP contribution in [0.25, 0.3) is 0 Å². The standard InChI is InChI=1S/C15H11BrO2/c16-8-10-5-6-14-13(7-10)15(17)12-4-2-1-3-11(12)9-18-14/h1-7H,8-9H2. The predicted octanol–water partition coefficient (Wildman–Crippen LogP) is 3.70. The van der Waals surface area contributed by atoms with Gasteiger partial charge in [0.05, 0.1) is 5.56 Å². The molecule has 0 aliphatic carbocycles. The molecule has 0 atom stereocenters. The summed E-state index contributed by atoms with van der Waals surface area (Å²) >= 11 is 3.40. The molecular formula is C15H11BrO2. The zero-order valence-corrected chi connectivity index (χ0v) is 11.2. The summed E-state index contributed by atoms with van der Waals surface area (Å²) in [4.78, 5) is 12.5. The Morgan fingerprint density at radius 1 is 1.11 bits per heavy atom. The number of ketones is 1. The Morgan fingerprint density at radius 2 is 1.94 bits per heavy atom. The van der Waals surface area contributed by atoms with Crippen LogP contribution in [0.3, 0.4) is 0 Å². The summed E-state index contributed by atoms with van der Waals surface area (Å²) < 4.78 is 5.71. The molecule has 2 aromatic carbocycles. The van der Waals surface area contributed by atoms with E-state index in [1.54, 1.807) is 0 Å². The number of fused-ring (bicyclic) bond motifs is 2. The summed E-state index contributed by atoms with van der Waals surface area (Å²) in [5.74, 6) is 0.710. The monoisotopic (exact) mass is 302 g/mol. The maximum Gasteiger partial charge on any atom is 0.197 e. The molecule has 0 spiro atoms. The van der Waals surface area contributed by atoms with Crippen LogP contribution in [0.2, 0.25) is 0 Å². The van der Waals surface area contributed by atoms with Crippen LogP contribution in [-0.4, -0.2) is 5.78 Å². The van der Waals surface area contributed by atoms with Crippen molar-refractivity contribution in [2.75, 3.05) is 0 Å². The number of carbonyl (C=O) groups excluding carboxylic acids is 1. The van der Waals surface area contributed by atoms with Crippen LogP contribution in [-0.2, 0) is 11.9 Å². The van der Waals surface area contributed by atoms with Crippen molar-refractivity contribution in [2.24, 2.45) is 0 Å². The first-order chi connectivity index (χ1) is 8.79. The Hall–Kier alpha value is -1.61. The van der Waals surface area contributed by atoms with Crippen LogP contribution >= 0.6 is 15.9 Å². The topological polar surface area (TPSA) is 26.3 Å². The fourth-order valence-corrected chi connectivity index (χ4v) is 2.48. The zero-order chi connectivity index (χ0) is 12.5. The van der Waals surface area contributed by atoms with Crippen molar-refractivity contribution >= 4 is 21.7 Å². The van der Waals surface area contributed by atoms with E-state index in [0.717, 1.165) is 22.0 Å². The largest absolute Gasteiger partial charge is 0.488 e. The number of ether oxygens (including phenoxy) is 1. The molecule has 2 aromatic rings. The van der Waals surface area contributed by atoms with E-state index in [1.807, 2.05) is 42.5 Å². The minimum absolute atomic E-state index is 0.0425. The average Bonchev–Trinajstić information content (AvgIpc) is 2.57. The summed E-state index contributed by atoms with van der Waals surface area (Å²) in [6.45, 7) is 0.447. The van der Waals surface area contributed by atoms with Crippen LogP contribution in [0.5, 0.6) is 5.75 Å². The number of alkyl halides is 1. The highest BCUT2D eigenvalue weighted by Crippen LogP contribution is 2.29. The number of carbonyl (C=O) groups is 1. The van der Waals surface area contributed by atoms with Crippen molar-refractivity contribution in [1.82, 2.24) is 0 Å². The van der Waals surface area contributed by atoms with E-state index in [1.165, 1.54) is 0 Å². The minimum Gasteiger partial charge on any atom is -0.488 e. The summed E-state index contributed by atoms with van der Waals surface area (Å²) in [5.41, 5.74) is 3.41. The van der Waals surface area contributed by atoms with Crippen LogP contribution in [0, 0.1) is 0 Å². The Labute approximate surface area is 114 Å². The van der Waals surface area contributed by atoms with E-state index in [0.29, 0.717) is 17.9 Å². The summed E-state index contributed by atoms with van der Waals surface area (Å²) in [6, 6.07) is 13.3. The molecule has 1 heterocycles. The van der Waals surface area contributed by atoms with Gasteiger partial charge in [0.25, 0.3) is 0 Å². The van der Waals surface area contributed by atoms with E-state index < -0.39 is 0 Å². The fourth-order valence-electron chi connectivity index (χ4n) is 2.13. The lowest BCUT2D eigenvalue weighted by Gasteiger charge is -2.07. The van der Waals surface area contributed by atoms with Crippen LogP contribution in [0.1, 0.15) is 27.0 Å². The van der Waals surface area contributed by atoms with Gasteiger partial charge in [-0.3, -0.25) is 4.79 Å². The number of hydrogen-bond donors (Lipinski definition) is 0. The Morgan fingerprint density at radius 3 is 2.78 bits per heavy atom. The molecule has 0 amide bonds. The normalized spacial score (nSPS) is 13.3. The molecule has 0 unspecified atom stereocenters. The molecule has 3 rings (SSSR count). The van der Waals surface area contributed by atoms with Gasteiger partial charge in [-0.25, -0.2) is 0 Å². The van der Waals surface area contributed by atoms with E-state index in [-0.39, 0.29) is 5.78 Å². The smallest absolute Gasteiger partial charge is 0.197 e. The molecule has 0 N–H and O–H groups in total. The zero-order valence-electron chi connectivity index (χ0n) is 9.65. The van der Waals surface area contributed by atoms with Gasteiger partial charge in [-0.1, -0.05) is 46.3 Å². The first-order valence-corrected chi connectivity index (χ1v) is 6.86. The molecule has 18 heavy (non-hydrogen) atoms. The third-order valence-corrected chi connectivity index (χ3v) is 3.74. The molecular weight excluding hydrogens is 292 g/mol. The number of rotatable bonds is 1. The quantitative estimate of drug-likeness (QED) is 0.751. The van der Waals surface area contributed by atoms with Gasteiger partial charge in [0.15, 0.2) is 5.78 Å². The second-order valence-corrected chi connectivity index (χ2v) is 4.80. The predicted molar refractivity (Wildman–Crippen MR) is 73.3 cm³/mol. The van der Waals surface area contributed by atoms with Crippen molar-refractivity contribution in [2.45, 2.75) is 11.9 Å². The van der Waals surface area contributed by atoms with Gasteiger partial charge in [0, 0.05) is 16.5 Å². The molecule has 0 bridgehead atoms. The van der Waals surface area contributed by atoms with Gasteiger partial charge in [0.2, 0.25) is 0 Å². The Kier molecular flexibility index (Phi) is 2.92. The minimum atomic E-state index is 0.0425. The fraction of sp³-hybridized carbons (Fsp3) is 0.133. The van der Waals surface area contributed by atoms with Crippen LogP contribution in [0.4, 0.5) is 0 Å². The maximum atomic E-state index is 12.5. The van der Waals surface area contributed by atoms with E-state index in [2.05, 4.69) is 15.9 Å². The second kappa shape index (κ2) is 4.58. The van der Waals surface area contributed by atoms with Gasteiger partial charge < -0.3 is 4.74 Å². The van der Waals surface area contributed by atoms with Crippen LogP contribution < -0.4 is 4.74 Å². The maximum absolute atomic E-state index is 12.5. The van der Waals surface area contributed by atoms with Crippen molar-refractivity contribution in [1.29, 1.82) is 0 Å². The molecule has 0 saturated carbocycles. The van der Waals surface area contributed by atoms with Crippen molar-refractivity contribution in [3.05, 3.63) is 64.7 Å². The lowest BCUT2D eigenvalue weighted by atomic mass is 9.98. The molecule has 0 aromatic heterocycles. The highest BCUT2D eigenvalue weighted by Gasteiger charge is 2.21. The molecule has 0 fully saturated rings. The highest BCUT2D eigenvalue weighted by atomic mass is 79.9. The molecule has 1 aliphatic rings.